The van der Waals surface area contributed by atoms with Crippen LogP contribution < -0.4 is 14.2 Å². The Morgan fingerprint density at radius 3 is 1.74 bits per heavy atom. The lowest BCUT2D eigenvalue weighted by atomic mass is 10.1. The summed E-state index contributed by atoms with van der Waals surface area (Å²) >= 11 is 0. The van der Waals surface area contributed by atoms with Gasteiger partial charge in [-0.1, -0.05) is 24.3 Å². The van der Waals surface area contributed by atoms with E-state index in [1.807, 2.05) is 24.3 Å². The summed E-state index contributed by atoms with van der Waals surface area (Å²) < 4.78 is 42.6. The van der Waals surface area contributed by atoms with E-state index in [1.165, 1.54) is 24.3 Å². The van der Waals surface area contributed by atoms with Crippen molar-refractivity contribution in [2.45, 2.75) is 16.2 Å². The zero-order valence-corrected chi connectivity index (χ0v) is 19.4. The maximum atomic E-state index is 13.1. The summed E-state index contributed by atoms with van der Waals surface area (Å²) in [6, 6.07) is 26.6. The number of rotatable bonds is 9. The normalized spacial score (nSPS) is 10.7. The molecule has 7 heteroatoms. The monoisotopic (exact) mass is 483 g/mol. The first-order valence-electron chi connectivity index (χ1n) is 10.7. The molecule has 4 rings (SSSR count). The standard InChI is InChI=1S/C28H21NO5S/c1-2-5-21-6-3-4-7-28(21)34-25-14-18-27(19-15-25)35(30,31)26-16-12-24(13-17-26)33-23-10-8-22(9-11-23)32-20-29/h2-4,6-19H,1,5H2. The molecule has 174 valence electrons. The summed E-state index contributed by atoms with van der Waals surface area (Å²) in [5, 5.41) is 8.54. The van der Waals surface area contributed by atoms with Crippen molar-refractivity contribution in [1.82, 2.24) is 0 Å². The van der Waals surface area contributed by atoms with Crippen LogP contribution in [0.5, 0.6) is 28.7 Å². The van der Waals surface area contributed by atoms with Crippen molar-refractivity contribution in [3.8, 4) is 35.0 Å². The van der Waals surface area contributed by atoms with Crippen LogP contribution in [0.1, 0.15) is 5.56 Å². The van der Waals surface area contributed by atoms with Gasteiger partial charge in [0.05, 0.1) is 9.79 Å². The molecule has 0 spiro atoms. The zero-order valence-electron chi connectivity index (χ0n) is 18.6. The summed E-state index contributed by atoms with van der Waals surface area (Å²) in [5.74, 6) is 2.64. The fraction of sp³-hybridized carbons (Fsp3) is 0.0357. The lowest BCUT2D eigenvalue weighted by Crippen LogP contribution is -2.02. The Morgan fingerprint density at radius 2 is 1.20 bits per heavy atom. The topological polar surface area (TPSA) is 85.6 Å². The molecule has 4 aromatic carbocycles. The van der Waals surface area contributed by atoms with E-state index in [0.29, 0.717) is 35.2 Å². The molecule has 0 unspecified atom stereocenters. The van der Waals surface area contributed by atoms with Gasteiger partial charge in [0.1, 0.15) is 28.7 Å². The van der Waals surface area contributed by atoms with Crippen LogP contribution >= 0.6 is 0 Å². The van der Waals surface area contributed by atoms with E-state index in [1.54, 1.807) is 60.9 Å². The van der Waals surface area contributed by atoms with Crippen molar-refractivity contribution in [1.29, 1.82) is 5.26 Å². The first-order valence-corrected chi connectivity index (χ1v) is 12.1. The van der Waals surface area contributed by atoms with Crippen LogP contribution in [0.25, 0.3) is 0 Å². The average Bonchev–Trinajstić information content (AvgIpc) is 2.87. The highest BCUT2D eigenvalue weighted by Crippen LogP contribution is 2.30. The van der Waals surface area contributed by atoms with Gasteiger partial charge < -0.3 is 14.2 Å². The summed E-state index contributed by atoms with van der Waals surface area (Å²) in [6.45, 7) is 3.76. The van der Waals surface area contributed by atoms with E-state index in [2.05, 4.69) is 6.58 Å². The van der Waals surface area contributed by atoms with Gasteiger partial charge in [-0.15, -0.1) is 11.8 Å². The van der Waals surface area contributed by atoms with Crippen molar-refractivity contribution < 1.29 is 22.6 Å². The van der Waals surface area contributed by atoms with Gasteiger partial charge in [0.2, 0.25) is 9.84 Å². The molecule has 0 fully saturated rings. The van der Waals surface area contributed by atoms with Gasteiger partial charge in [-0.3, -0.25) is 0 Å². The molecule has 0 heterocycles. The fourth-order valence-electron chi connectivity index (χ4n) is 3.33. The molecule has 0 aliphatic rings. The summed E-state index contributed by atoms with van der Waals surface area (Å²) in [5.41, 5.74) is 0.993. The third kappa shape index (κ3) is 5.69. The lowest BCUT2D eigenvalue weighted by molar-refractivity contribution is 0.476. The fourth-order valence-corrected chi connectivity index (χ4v) is 4.59. The van der Waals surface area contributed by atoms with Crippen LogP contribution in [0.15, 0.2) is 120 Å². The Labute approximate surface area is 204 Å². The van der Waals surface area contributed by atoms with Crippen LogP contribution in [-0.2, 0) is 16.3 Å². The minimum absolute atomic E-state index is 0.146. The lowest BCUT2D eigenvalue weighted by Gasteiger charge is -2.11. The first kappa shape index (κ1) is 23.6. The minimum atomic E-state index is -3.72. The molecule has 35 heavy (non-hydrogen) atoms. The largest absolute Gasteiger partial charge is 0.457 e. The molecule has 4 aromatic rings. The van der Waals surface area contributed by atoms with Crippen molar-refractivity contribution in [3.05, 3.63) is 115 Å². The highest BCUT2D eigenvalue weighted by atomic mass is 32.2. The molecule has 0 aromatic heterocycles. The molecule has 0 radical (unpaired) electrons. The van der Waals surface area contributed by atoms with E-state index in [9.17, 15) is 8.42 Å². The molecule has 0 saturated heterocycles. The Bertz CT molecular complexity index is 1450. The van der Waals surface area contributed by atoms with Gasteiger partial charge in [-0.2, -0.15) is 0 Å². The molecule has 0 atom stereocenters. The predicted molar refractivity (Wildman–Crippen MR) is 132 cm³/mol. The van der Waals surface area contributed by atoms with E-state index >= 15 is 0 Å². The van der Waals surface area contributed by atoms with Gasteiger partial charge in [0, 0.05) is 0 Å². The highest BCUT2D eigenvalue weighted by Gasteiger charge is 2.18. The van der Waals surface area contributed by atoms with E-state index in [0.717, 1.165) is 5.56 Å². The number of benzene rings is 4. The summed E-state index contributed by atoms with van der Waals surface area (Å²) in [4.78, 5) is 0.304. The molecule has 6 nitrogen and oxygen atoms in total. The number of ether oxygens (including phenoxy) is 3. The van der Waals surface area contributed by atoms with Crippen molar-refractivity contribution >= 4 is 9.84 Å². The third-order valence-electron chi connectivity index (χ3n) is 5.06. The van der Waals surface area contributed by atoms with E-state index in [4.69, 9.17) is 19.5 Å². The van der Waals surface area contributed by atoms with Gasteiger partial charge >= 0.3 is 0 Å². The number of para-hydroxylation sites is 1. The Morgan fingerprint density at radius 1 is 0.714 bits per heavy atom. The molecular weight excluding hydrogens is 462 g/mol. The molecule has 0 amide bonds. The van der Waals surface area contributed by atoms with E-state index in [-0.39, 0.29) is 9.79 Å². The first-order chi connectivity index (χ1) is 17.0. The second-order valence-electron chi connectivity index (χ2n) is 7.42. The van der Waals surface area contributed by atoms with Gasteiger partial charge in [-0.25, -0.2) is 8.42 Å². The molecule has 0 saturated carbocycles. The third-order valence-corrected chi connectivity index (χ3v) is 6.84. The van der Waals surface area contributed by atoms with Gasteiger partial charge in [0.25, 0.3) is 6.26 Å². The zero-order chi connectivity index (χ0) is 24.7. The van der Waals surface area contributed by atoms with Gasteiger partial charge in [-0.05, 0) is 90.8 Å². The van der Waals surface area contributed by atoms with Crippen LogP contribution in [0, 0.1) is 11.5 Å². The van der Waals surface area contributed by atoms with Crippen LogP contribution in [0.2, 0.25) is 0 Å². The maximum absolute atomic E-state index is 13.1. The number of hydrogen-bond acceptors (Lipinski definition) is 6. The average molecular weight is 484 g/mol. The predicted octanol–water partition coefficient (Wildman–Crippen LogP) is 6.69. The van der Waals surface area contributed by atoms with E-state index < -0.39 is 9.84 Å². The maximum Gasteiger partial charge on any atom is 0.292 e. The smallest absolute Gasteiger partial charge is 0.292 e. The van der Waals surface area contributed by atoms with Crippen molar-refractivity contribution in [2.75, 3.05) is 0 Å². The Kier molecular flexibility index (Phi) is 7.15. The Balaban J connectivity index is 1.46. The highest BCUT2D eigenvalue weighted by molar-refractivity contribution is 7.91. The second-order valence-corrected chi connectivity index (χ2v) is 9.37. The molecule has 0 aliphatic carbocycles. The number of nitriles is 1. The molecule has 0 aliphatic heterocycles. The SMILES string of the molecule is C=CCc1ccccc1Oc1ccc(S(=O)(=O)c2ccc(Oc3ccc(OC#N)cc3)cc2)cc1. The quantitative estimate of drug-likeness (QED) is 0.195. The van der Waals surface area contributed by atoms with Crippen molar-refractivity contribution in [2.24, 2.45) is 0 Å². The Hall–Kier alpha value is -4.54. The van der Waals surface area contributed by atoms with Crippen LogP contribution in [0.3, 0.4) is 0 Å². The molecular formula is C28H21NO5S. The van der Waals surface area contributed by atoms with Crippen LogP contribution in [-0.4, -0.2) is 8.42 Å². The number of hydrogen-bond donors (Lipinski definition) is 0. The minimum Gasteiger partial charge on any atom is -0.457 e. The molecule has 0 N–H and O–H groups in total. The number of nitrogens with zero attached hydrogens (tertiary/aromatic N) is 1. The van der Waals surface area contributed by atoms with Gasteiger partial charge in [0.15, 0.2) is 0 Å². The summed E-state index contributed by atoms with van der Waals surface area (Å²) in [6.07, 6.45) is 4.07. The van der Waals surface area contributed by atoms with Crippen LogP contribution in [0.4, 0.5) is 0 Å². The second kappa shape index (κ2) is 10.6. The number of allylic oxidation sites excluding steroid dienone is 1. The van der Waals surface area contributed by atoms with Crippen molar-refractivity contribution in [3.63, 3.8) is 0 Å². The summed E-state index contributed by atoms with van der Waals surface area (Å²) in [7, 11) is -3.72. The molecule has 0 bridgehead atoms. The number of sulfone groups is 1.